The molecule has 2 heteroatoms. The standard InChI is InChI=1S/C13H18FN/c1-2-11-7-8-15-13(11)9-10-3-5-12(14)6-4-10/h3-6,11,13,15H,2,7-9H2,1H3/t11-,13+/m1/s1. The first-order valence-electron chi connectivity index (χ1n) is 5.77. The molecule has 1 aliphatic rings. The summed E-state index contributed by atoms with van der Waals surface area (Å²) in [7, 11) is 0. The normalized spacial score (nSPS) is 25.7. The molecule has 0 aromatic heterocycles. The quantitative estimate of drug-likeness (QED) is 0.803. The molecule has 82 valence electrons. The van der Waals surface area contributed by atoms with Gasteiger partial charge < -0.3 is 5.32 Å². The summed E-state index contributed by atoms with van der Waals surface area (Å²) in [5.74, 6) is 0.639. The van der Waals surface area contributed by atoms with Crippen molar-refractivity contribution >= 4 is 0 Å². The van der Waals surface area contributed by atoms with Crippen LogP contribution in [0.15, 0.2) is 24.3 Å². The number of hydrogen-bond acceptors (Lipinski definition) is 1. The van der Waals surface area contributed by atoms with Crippen LogP contribution in [-0.2, 0) is 6.42 Å². The zero-order chi connectivity index (χ0) is 10.7. The number of hydrogen-bond donors (Lipinski definition) is 1. The second kappa shape index (κ2) is 4.75. The maximum Gasteiger partial charge on any atom is 0.123 e. The lowest BCUT2D eigenvalue weighted by atomic mass is 9.93. The van der Waals surface area contributed by atoms with E-state index in [4.69, 9.17) is 0 Å². The van der Waals surface area contributed by atoms with Crippen LogP contribution in [0.5, 0.6) is 0 Å². The summed E-state index contributed by atoms with van der Waals surface area (Å²) in [5, 5.41) is 3.53. The van der Waals surface area contributed by atoms with Crippen molar-refractivity contribution in [3.63, 3.8) is 0 Å². The molecule has 1 aliphatic heterocycles. The smallest absolute Gasteiger partial charge is 0.123 e. The summed E-state index contributed by atoms with van der Waals surface area (Å²) < 4.78 is 12.7. The van der Waals surface area contributed by atoms with Crippen LogP contribution in [0.1, 0.15) is 25.3 Å². The van der Waals surface area contributed by atoms with Gasteiger partial charge in [-0.15, -0.1) is 0 Å². The molecule has 2 rings (SSSR count). The van der Waals surface area contributed by atoms with Crippen LogP contribution in [0.2, 0.25) is 0 Å². The lowest BCUT2D eigenvalue weighted by Crippen LogP contribution is -2.29. The Kier molecular flexibility index (Phi) is 3.37. The predicted molar refractivity (Wildman–Crippen MR) is 60.3 cm³/mol. The molecule has 1 saturated heterocycles. The van der Waals surface area contributed by atoms with E-state index in [0.29, 0.717) is 6.04 Å². The minimum absolute atomic E-state index is 0.148. The van der Waals surface area contributed by atoms with Gasteiger partial charge in [-0.3, -0.25) is 0 Å². The van der Waals surface area contributed by atoms with Gasteiger partial charge in [0.25, 0.3) is 0 Å². The van der Waals surface area contributed by atoms with Crippen molar-refractivity contribution in [1.82, 2.24) is 5.32 Å². The topological polar surface area (TPSA) is 12.0 Å². The number of halogens is 1. The summed E-state index contributed by atoms with van der Waals surface area (Å²) in [6.45, 7) is 3.37. The van der Waals surface area contributed by atoms with E-state index in [9.17, 15) is 4.39 Å². The Hall–Kier alpha value is -0.890. The van der Waals surface area contributed by atoms with Crippen molar-refractivity contribution in [3.8, 4) is 0 Å². The number of rotatable bonds is 3. The van der Waals surface area contributed by atoms with Crippen LogP contribution >= 0.6 is 0 Å². The van der Waals surface area contributed by atoms with Crippen LogP contribution in [0.25, 0.3) is 0 Å². The summed E-state index contributed by atoms with van der Waals surface area (Å²) >= 11 is 0. The van der Waals surface area contributed by atoms with Gasteiger partial charge in [0.1, 0.15) is 5.82 Å². The molecule has 1 aromatic carbocycles. The molecule has 1 aromatic rings. The molecule has 0 radical (unpaired) electrons. The van der Waals surface area contributed by atoms with E-state index in [-0.39, 0.29) is 5.82 Å². The van der Waals surface area contributed by atoms with Crippen molar-refractivity contribution in [2.75, 3.05) is 6.54 Å². The first-order valence-corrected chi connectivity index (χ1v) is 5.77. The van der Waals surface area contributed by atoms with Crippen LogP contribution in [0.3, 0.4) is 0 Å². The average molecular weight is 207 g/mol. The highest BCUT2D eigenvalue weighted by Gasteiger charge is 2.24. The van der Waals surface area contributed by atoms with Crippen LogP contribution < -0.4 is 5.32 Å². The van der Waals surface area contributed by atoms with Crippen molar-refractivity contribution in [2.24, 2.45) is 5.92 Å². The molecule has 15 heavy (non-hydrogen) atoms. The molecule has 1 N–H and O–H groups in total. The van der Waals surface area contributed by atoms with Gasteiger partial charge in [0.15, 0.2) is 0 Å². The van der Waals surface area contributed by atoms with Gasteiger partial charge in [0.05, 0.1) is 0 Å². The Labute approximate surface area is 90.7 Å². The zero-order valence-electron chi connectivity index (χ0n) is 9.17. The molecule has 0 aliphatic carbocycles. The summed E-state index contributed by atoms with van der Waals surface area (Å²) in [5.41, 5.74) is 1.23. The van der Waals surface area contributed by atoms with Crippen molar-refractivity contribution in [1.29, 1.82) is 0 Å². The molecule has 0 amide bonds. The first-order chi connectivity index (χ1) is 7.29. The van der Waals surface area contributed by atoms with E-state index in [1.165, 1.54) is 18.4 Å². The lowest BCUT2D eigenvalue weighted by molar-refractivity contribution is 0.432. The molecule has 2 atom stereocenters. The Morgan fingerprint density at radius 2 is 2.07 bits per heavy atom. The van der Waals surface area contributed by atoms with Crippen LogP contribution in [0, 0.1) is 11.7 Å². The van der Waals surface area contributed by atoms with E-state index in [0.717, 1.165) is 18.9 Å². The lowest BCUT2D eigenvalue weighted by Gasteiger charge is -2.17. The first kappa shape index (κ1) is 10.6. The highest BCUT2D eigenvalue weighted by molar-refractivity contribution is 5.17. The van der Waals surface area contributed by atoms with Gasteiger partial charge in [0, 0.05) is 6.04 Å². The Balaban J connectivity index is 1.99. The molecule has 1 nitrogen and oxygen atoms in total. The van der Waals surface area contributed by atoms with Gasteiger partial charge in [-0.25, -0.2) is 4.39 Å². The third-order valence-electron chi connectivity index (χ3n) is 3.38. The fraction of sp³-hybridized carbons (Fsp3) is 0.538. The molecule has 0 bridgehead atoms. The maximum absolute atomic E-state index is 12.7. The number of benzene rings is 1. The second-order valence-electron chi connectivity index (χ2n) is 4.35. The molecule has 0 unspecified atom stereocenters. The monoisotopic (exact) mass is 207 g/mol. The van der Waals surface area contributed by atoms with Crippen LogP contribution in [0.4, 0.5) is 4.39 Å². The van der Waals surface area contributed by atoms with Gasteiger partial charge in [-0.2, -0.15) is 0 Å². The van der Waals surface area contributed by atoms with Gasteiger partial charge in [0.2, 0.25) is 0 Å². The highest BCUT2D eigenvalue weighted by Crippen LogP contribution is 2.22. The predicted octanol–water partition coefficient (Wildman–Crippen LogP) is 2.76. The zero-order valence-corrected chi connectivity index (χ0v) is 9.17. The van der Waals surface area contributed by atoms with Gasteiger partial charge in [-0.05, 0) is 43.0 Å². The fourth-order valence-corrected chi connectivity index (χ4v) is 2.42. The average Bonchev–Trinajstić information content (AvgIpc) is 2.69. The highest BCUT2D eigenvalue weighted by atomic mass is 19.1. The van der Waals surface area contributed by atoms with Gasteiger partial charge >= 0.3 is 0 Å². The van der Waals surface area contributed by atoms with Crippen LogP contribution in [-0.4, -0.2) is 12.6 Å². The molecule has 1 fully saturated rings. The SMILES string of the molecule is CC[C@@H]1CCN[C@H]1Cc1ccc(F)cc1. The van der Waals surface area contributed by atoms with E-state index in [1.807, 2.05) is 12.1 Å². The minimum atomic E-state index is -0.148. The van der Waals surface area contributed by atoms with E-state index >= 15 is 0 Å². The summed E-state index contributed by atoms with van der Waals surface area (Å²) in [6.07, 6.45) is 3.54. The summed E-state index contributed by atoms with van der Waals surface area (Å²) in [4.78, 5) is 0. The molecular weight excluding hydrogens is 189 g/mol. The second-order valence-corrected chi connectivity index (χ2v) is 4.35. The van der Waals surface area contributed by atoms with E-state index < -0.39 is 0 Å². The third kappa shape index (κ3) is 2.57. The van der Waals surface area contributed by atoms with Crippen molar-refractivity contribution in [3.05, 3.63) is 35.6 Å². The summed E-state index contributed by atoms with van der Waals surface area (Å²) in [6, 6.07) is 7.46. The Morgan fingerprint density at radius 1 is 1.33 bits per heavy atom. The van der Waals surface area contributed by atoms with Gasteiger partial charge in [-0.1, -0.05) is 25.5 Å². The maximum atomic E-state index is 12.7. The molecule has 0 spiro atoms. The Bertz CT molecular complexity index is 307. The molecule has 1 heterocycles. The largest absolute Gasteiger partial charge is 0.313 e. The third-order valence-corrected chi connectivity index (χ3v) is 3.38. The van der Waals surface area contributed by atoms with Crippen molar-refractivity contribution in [2.45, 2.75) is 32.2 Å². The van der Waals surface area contributed by atoms with Crippen molar-refractivity contribution < 1.29 is 4.39 Å². The van der Waals surface area contributed by atoms with E-state index in [2.05, 4.69) is 12.2 Å². The number of nitrogens with one attached hydrogen (secondary N) is 1. The molecule has 0 saturated carbocycles. The fourth-order valence-electron chi connectivity index (χ4n) is 2.42. The minimum Gasteiger partial charge on any atom is -0.313 e. The molecular formula is C13H18FN. The Morgan fingerprint density at radius 3 is 2.73 bits per heavy atom. The van der Waals surface area contributed by atoms with E-state index in [1.54, 1.807) is 12.1 Å².